The first-order chi connectivity index (χ1) is 8.85. The fraction of sp³-hybridized carbons (Fsp3) is 0.583. The van der Waals surface area contributed by atoms with Crippen LogP contribution < -0.4 is 11.1 Å². The number of nitrogens with two attached hydrogens (primary N) is 1. The van der Waals surface area contributed by atoms with E-state index in [9.17, 15) is 14.9 Å². The van der Waals surface area contributed by atoms with Crippen LogP contribution in [0.5, 0.6) is 0 Å². The van der Waals surface area contributed by atoms with Crippen molar-refractivity contribution in [2.45, 2.75) is 26.3 Å². The Morgan fingerprint density at radius 3 is 2.63 bits per heavy atom. The molecule has 1 aromatic heterocycles. The van der Waals surface area contributed by atoms with E-state index in [-0.39, 0.29) is 23.3 Å². The smallest absolute Gasteiger partial charge is 0.287 e. The van der Waals surface area contributed by atoms with E-state index in [0.29, 0.717) is 12.5 Å². The minimum atomic E-state index is -0.523. The molecule has 0 aliphatic rings. The average Bonchev–Trinajstić information content (AvgIpc) is 2.70. The van der Waals surface area contributed by atoms with E-state index in [1.807, 2.05) is 13.8 Å². The minimum Gasteiger partial charge on any atom is -0.347 e. The highest BCUT2D eigenvalue weighted by Gasteiger charge is 2.20. The Morgan fingerprint density at radius 2 is 2.21 bits per heavy atom. The highest BCUT2D eigenvalue weighted by molar-refractivity contribution is 5.93. The van der Waals surface area contributed by atoms with Crippen LogP contribution in [0.3, 0.4) is 0 Å². The Balaban J connectivity index is 2.79. The molecule has 0 radical (unpaired) electrons. The molecule has 0 saturated carbocycles. The molecule has 0 aliphatic heterocycles. The molecule has 0 saturated heterocycles. The molecular formula is C12H20N4O3. The van der Waals surface area contributed by atoms with E-state index in [2.05, 4.69) is 5.32 Å². The number of aromatic nitrogens is 1. The molecule has 3 N–H and O–H groups in total. The van der Waals surface area contributed by atoms with Gasteiger partial charge in [-0.15, -0.1) is 0 Å². The Morgan fingerprint density at radius 1 is 1.58 bits per heavy atom. The van der Waals surface area contributed by atoms with Gasteiger partial charge in [-0.05, 0) is 12.3 Å². The third kappa shape index (κ3) is 4.06. The molecule has 7 nitrogen and oxygen atoms in total. The highest BCUT2D eigenvalue weighted by Crippen LogP contribution is 2.15. The molecular weight excluding hydrogens is 248 g/mol. The SMILES string of the molecule is CC(C)CC(CN)NC(=O)c1cc([N+](=O)[O-])cn1C. The number of aryl methyl sites for hydroxylation is 1. The van der Waals surface area contributed by atoms with E-state index in [4.69, 9.17) is 5.73 Å². The maximum Gasteiger partial charge on any atom is 0.287 e. The van der Waals surface area contributed by atoms with Gasteiger partial charge in [-0.3, -0.25) is 14.9 Å². The average molecular weight is 268 g/mol. The fourth-order valence-corrected chi connectivity index (χ4v) is 1.92. The van der Waals surface area contributed by atoms with Crippen molar-refractivity contribution in [3.05, 3.63) is 28.1 Å². The van der Waals surface area contributed by atoms with Crippen LogP contribution in [0.1, 0.15) is 30.8 Å². The van der Waals surface area contributed by atoms with Gasteiger partial charge in [0, 0.05) is 25.7 Å². The predicted octanol–water partition coefficient (Wildman–Crippen LogP) is 1.04. The number of carbonyl (C=O) groups excluding carboxylic acids is 1. The monoisotopic (exact) mass is 268 g/mol. The summed E-state index contributed by atoms with van der Waals surface area (Å²) in [5.41, 5.74) is 5.77. The lowest BCUT2D eigenvalue weighted by Crippen LogP contribution is -2.41. The van der Waals surface area contributed by atoms with Gasteiger partial charge in [0.1, 0.15) is 5.69 Å². The van der Waals surface area contributed by atoms with Crippen LogP contribution in [0.2, 0.25) is 0 Å². The van der Waals surface area contributed by atoms with Gasteiger partial charge in [-0.2, -0.15) is 0 Å². The maximum absolute atomic E-state index is 12.0. The lowest BCUT2D eigenvalue weighted by atomic mass is 10.0. The Hall–Kier alpha value is -1.89. The molecule has 1 unspecified atom stereocenters. The molecule has 0 bridgehead atoms. The summed E-state index contributed by atoms with van der Waals surface area (Å²) in [6.07, 6.45) is 2.09. The van der Waals surface area contributed by atoms with Crippen LogP contribution >= 0.6 is 0 Å². The largest absolute Gasteiger partial charge is 0.347 e. The van der Waals surface area contributed by atoms with Gasteiger partial charge in [0.25, 0.3) is 11.6 Å². The molecule has 0 aromatic carbocycles. The third-order valence-corrected chi connectivity index (χ3v) is 2.81. The normalized spacial score (nSPS) is 12.5. The predicted molar refractivity (Wildman–Crippen MR) is 71.8 cm³/mol. The number of nitrogens with one attached hydrogen (secondary N) is 1. The molecule has 1 atom stereocenters. The van der Waals surface area contributed by atoms with Gasteiger partial charge in [-0.25, -0.2) is 0 Å². The number of nitrogens with zero attached hydrogens (tertiary/aromatic N) is 2. The first kappa shape index (κ1) is 15.2. The number of carbonyl (C=O) groups is 1. The van der Waals surface area contributed by atoms with Crippen LogP contribution in [0, 0.1) is 16.0 Å². The Labute approximate surface area is 111 Å². The number of hydrogen-bond donors (Lipinski definition) is 2. The molecule has 1 rings (SSSR count). The summed E-state index contributed by atoms with van der Waals surface area (Å²) in [5, 5.41) is 13.5. The number of amides is 1. The topological polar surface area (TPSA) is 103 Å². The van der Waals surface area contributed by atoms with Gasteiger partial charge in [0.15, 0.2) is 0 Å². The summed E-state index contributed by atoms with van der Waals surface area (Å²) < 4.78 is 1.44. The van der Waals surface area contributed by atoms with Crippen molar-refractivity contribution in [3.63, 3.8) is 0 Å². The van der Waals surface area contributed by atoms with Crippen LogP contribution in [-0.4, -0.2) is 28.0 Å². The highest BCUT2D eigenvalue weighted by atomic mass is 16.6. The van der Waals surface area contributed by atoms with Gasteiger partial charge in [0.05, 0.1) is 11.1 Å². The van der Waals surface area contributed by atoms with E-state index < -0.39 is 4.92 Å². The molecule has 106 valence electrons. The van der Waals surface area contributed by atoms with Crippen molar-refractivity contribution in [2.75, 3.05) is 6.54 Å². The van der Waals surface area contributed by atoms with E-state index in [1.54, 1.807) is 7.05 Å². The van der Waals surface area contributed by atoms with Gasteiger partial charge in [-0.1, -0.05) is 13.8 Å². The van der Waals surface area contributed by atoms with Crippen molar-refractivity contribution in [2.24, 2.45) is 18.7 Å². The summed E-state index contributed by atoms with van der Waals surface area (Å²) in [5.74, 6) is 0.0725. The number of rotatable bonds is 6. The standard InChI is InChI=1S/C12H20N4O3/c1-8(2)4-9(6-13)14-12(17)11-5-10(16(18)19)7-15(11)3/h5,7-9H,4,6,13H2,1-3H3,(H,14,17). The molecule has 1 heterocycles. The second-order valence-electron chi connectivity index (χ2n) is 4.99. The van der Waals surface area contributed by atoms with Gasteiger partial charge < -0.3 is 15.6 Å². The molecule has 7 heteroatoms. The minimum absolute atomic E-state index is 0.0965. The summed E-state index contributed by atoms with van der Waals surface area (Å²) in [6.45, 7) is 4.43. The Kier molecular flexibility index (Phi) is 5.05. The third-order valence-electron chi connectivity index (χ3n) is 2.81. The Bertz CT molecular complexity index is 468. The van der Waals surface area contributed by atoms with E-state index in [0.717, 1.165) is 6.42 Å². The van der Waals surface area contributed by atoms with E-state index in [1.165, 1.54) is 16.8 Å². The van der Waals surface area contributed by atoms with Crippen molar-refractivity contribution < 1.29 is 9.72 Å². The lowest BCUT2D eigenvalue weighted by Gasteiger charge is -2.18. The van der Waals surface area contributed by atoms with Crippen molar-refractivity contribution in [3.8, 4) is 0 Å². The zero-order valence-electron chi connectivity index (χ0n) is 11.4. The number of nitro groups is 1. The molecule has 1 aromatic rings. The van der Waals surface area contributed by atoms with Crippen LogP contribution in [0.15, 0.2) is 12.3 Å². The summed E-state index contributed by atoms with van der Waals surface area (Å²) in [4.78, 5) is 22.2. The first-order valence-electron chi connectivity index (χ1n) is 6.16. The zero-order chi connectivity index (χ0) is 14.6. The lowest BCUT2D eigenvalue weighted by molar-refractivity contribution is -0.384. The zero-order valence-corrected chi connectivity index (χ0v) is 11.4. The van der Waals surface area contributed by atoms with Crippen molar-refractivity contribution >= 4 is 11.6 Å². The maximum atomic E-state index is 12.0. The van der Waals surface area contributed by atoms with Crippen LogP contribution in [0.25, 0.3) is 0 Å². The summed E-state index contributed by atoms with van der Waals surface area (Å²) in [7, 11) is 1.60. The quantitative estimate of drug-likeness (QED) is 0.594. The second-order valence-corrected chi connectivity index (χ2v) is 4.99. The molecule has 0 fully saturated rings. The van der Waals surface area contributed by atoms with Crippen molar-refractivity contribution in [1.82, 2.24) is 9.88 Å². The van der Waals surface area contributed by atoms with E-state index >= 15 is 0 Å². The summed E-state index contributed by atoms with van der Waals surface area (Å²) >= 11 is 0. The summed E-state index contributed by atoms with van der Waals surface area (Å²) in [6, 6.07) is 1.14. The first-order valence-corrected chi connectivity index (χ1v) is 6.16. The molecule has 1 amide bonds. The van der Waals surface area contributed by atoms with Gasteiger partial charge in [0.2, 0.25) is 0 Å². The van der Waals surface area contributed by atoms with Crippen LogP contribution in [-0.2, 0) is 7.05 Å². The fourth-order valence-electron chi connectivity index (χ4n) is 1.92. The number of hydrogen-bond acceptors (Lipinski definition) is 4. The van der Waals surface area contributed by atoms with Crippen molar-refractivity contribution in [1.29, 1.82) is 0 Å². The molecule has 19 heavy (non-hydrogen) atoms. The second kappa shape index (κ2) is 6.33. The van der Waals surface area contributed by atoms with Crippen LogP contribution in [0.4, 0.5) is 5.69 Å². The van der Waals surface area contributed by atoms with Gasteiger partial charge >= 0.3 is 0 Å². The molecule has 0 aliphatic carbocycles. The molecule has 0 spiro atoms.